The van der Waals surface area contributed by atoms with Crippen LogP contribution in [-0.2, 0) is 13.2 Å². The standard InChI is InChI=1S/C14H21NO/c1-11(2)14-8-15(9-14)7-12-4-3-5-13(6-12)10-16/h3-6,11,14,16H,7-10H2,1-2H3. The molecule has 1 aliphatic heterocycles. The molecule has 1 aliphatic rings. The van der Waals surface area contributed by atoms with Crippen LogP contribution in [0.3, 0.4) is 0 Å². The van der Waals surface area contributed by atoms with Crippen molar-refractivity contribution in [3.8, 4) is 0 Å². The van der Waals surface area contributed by atoms with Crippen LogP contribution >= 0.6 is 0 Å². The molecule has 0 spiro atoms. The van der Waals surface area contributed by atoms with Gasteiger partial charge in [-0.1, -0.05) is 38.1 Å². The Bertz CT molecular complexity index is 342. The number of likely N-dealkylation sites (tertiary alicyclic amines) is 1. The molecule has 0 amide bonds. The Morgan fingerprint density at radius 1 is 1.31 bits per heavy atom. The molecule has 1 aromatic rings. The van der Waals surface area contributed by atoms with E-state index in [1.54, 1.807) is 0 Å². The third kappa shape index (κ3) is 2.63. The van der Waals surface area contributed by atoms with Gasteiger partial charge in [0, 0.05) is 19.6 Å². The summed E-state index contributed by atoms with van der Waals surface area (Å²) < 4.78 is 0. The summed E-state index contributed by atoms with van der Waals surface area (Å²) in [5.41, 5.74) is 2.33. The molecule has 0 saturated carbocycles. The fraction of sp³-hybridized carbons (Fsp3) is 0.571. The van der Waals surface area contributed by atoms with Crippen molar-refractivity contribution in [2.75, 3.05) is 13.1 Å². The van der Waals surface area contributed by atoms with Crippen LogP contribution in [-0.4, -0.2) is 23.1 Å². The fourth-order valence-electron chi connectivity index (χ4n) is 2.25. The Morgan fingerprint density at radius 3 is 2.62 bits per heavy atom. The van der Waals surface area contributed by atoms with Gasteiger partial charge in [-0.15, -0.1) is 0 Å². The van der Waals surface area contributed by atoms with Crippen molar-refractivity contribution < 1.29 is 5.11 Å². The Kier molecular flexibility index (Phi) is 3.62. The summed E-state index contributed by atoms with van der Waals surface area (Å²) in [4.78, 5) is 2.47. The van der Waals surface area contributed by atoms with Gasteiger partial charge in [0.1, 0.15) is 0 Å². The van der Waals surface area contributed by atoms with E-state index in [0.717, 1.165) is 23.9 Å². The molecule has 0 unspecified atom stereocenters. The summed E-state index contributed by atoms with van der Waals surface area (Å²) in [6, 6.07) is 8.24. The van der Waals surface area contributed by atoms with Gasteiger partial charge in [-0.3, -0.25) is 4.90 Å². The van der Waals surface area contributed by atoms with Crippen molar-refractivity contribution >= 4 is 0 Å². The lowest BCUT2D eigenvalue weighted by molar-refractivity contribution is 0.0614. The van der Waals surface area contributed by atoms with Gasteiger partial charge in [0.25, 0.3) is 0 Å². The van der Waals surface area contributed by atoms with Gasteiger partial charge in [0.15, 0.2) is 0 Å². The van der Waals surface area contributed by atoms with Crippen molar-refractivity contribution in [2.24, 2.45) is 11.8 Å². The Balaban J connectivity index is 1.86. The van der Waals surface area contributed by atoms with Crippen molar-refractivity contribution in [2.45, 2.75) is 27.0 Å². The maximum Gasteiger partial charge on any atom is 0.0681 e. The van der Waals surface area contributed by atoms with E-state index in [0.29, 0.717) is 0 Å². The maximum absolute atomic E-state index is 9.07. The minimum Gasteiger partial charge on any atom is -0.392 e. The van der Waals surface area contributed by atoms with Crippen LogP contribution in [0.4, 0.5) is 0 Å². The molecule has 88 valence electrons. The molecular formula is C14H21NO. The summed E-state index contributed by atoms with van der Waals surface area (Å²) in [6.45, 7) is 8.21. The first-order valence-corrected chi connectivity index (χ1v) is 6.10. The predicted molar refractivity (Wildman–Crippen MR) is 66.0 cm³/mol. The third-order valence-electron chi connectivity index (χ3n) is 3.51. The van der Waals surface area contributed by atoms with Gasteiger partial charge >= 0.3 is 0 Å². The summed E-state index contributed by atoms with van der Waals surface area (Å²) in [7, 11) is 0. The second-order valence-electron chi connectivity index (χ2n) is 5.18. The number of hydrogen-bond donors (Lipinski definition) is 1. The molecule has 2 heteroatoms. The minimum atomic E-state index is 0.141. The molecule has 0 atom stereocenters. The number of aliphatic hydroxyl groups is 1. The number of benzene rings is 1. The van der Waals surface area contributed by atoms with Crippen molar-refractivity contribution in [3.05, 3.63) is 35.4 Å². The molecule has 0 aliphatic carbocycles. The van der Waals surface area contributed by atoms with Crippen LogP contribution in [0.1, 0.15) is 25.0 Å². The zero-order chi connectivity index (χ0) is 11.5. The zero-order valence-corrected chi connectivity index (χ0v) is 10.2. The van der Waals surface area contributed by atoms with E-state index in [4.69, 9.17) is 5.11 Å². The first kappa shape index (κ1) is 11.6. The quantitative estimate of drug-likeness (QED) is 0.839. The van der Waals surface area contributed by atoms with E-state index in [2.05, 4.69) is 30.9 Å². The van der Waals surface area contributed by atoms with Crippen molar-refractivity contribution in [1.29, 1.82) is 0 Å². The number of nitrogens with zero attached hydrogens (tertiary/aromatic N) is 1. The van der Waals surface area contributed by atoms with E-state index in [9.17, 15) is 0 Å². The zero-order valence-electron chi connectivity index (χ0n) is 10.2. The Labute approximate surface area is 97.9 Å². The molecule has 1 fully saturated rings. The Hall–Kier alpha value is -0.860. The van der Waals surface area contributed by atoms with Crippen molar-refractivity contribution in [3.63, 3.8) is 0 Å². The highest BCUT2D eigenvalue weighted by Crippen LogP contribution is 2.25. The lowest BCUT2D eigenvalue weighted by atomic mass is 9.88. The second-order valence-corrected chi connectivity index (χ2v) is 5.18. The summed E-state index contributed by atoms with van der Waals surface area (Å²) in [6.07, 6.45) is 0. The molecule has 1 saturated heterocycles. The van der Waals surface area contributed by atoms with E-state index >= 15 is 0 Å². The average Bonchev–Trinajstić information content (AvgIpc) is 2.22. The highest BCUT2D eigenvalue weighted by molar-refractivity contribution is 5.23. The lowest BCUT2D eigenvalue weighted by Crippen LogP contribution is -2.48. The number of rotatable bonds is 4. The lowest BCUT2D eigenvalue weighted by Gasteiger charge is -2.41. The van der Waals surface area contributed by atoms with Gasteiger partial charge in [0.2, 0.25) is 0 Å². The number of aliphatic hydroxyl groups excluding tert-OH is 1. The largest absolute Gasteiger partial charge is 0.392 e. The van der Waals surface area contributed by atoms with Gasteiger partial charge in [0.05, 0.1) is 6.61 Å². The van der Waals surface area contributed by atoms with E-state index < -0.39 is 0 Å². The topological polar surface area (TPSA) is 23.5 Å². The van der Waals surface area contributed by atoms with Crippen LogP contribution in [0.15, 0.2) is 24.3 Å². The van der Waals surface area contributed by atoms with Crippen LogP contribution < -0.4 is 0 Å². The normalized spacial score (nSPS) is 17.8. The number of hydrogen-bond acceptors (Lipinski definition) is 2. The first-order chi connectivity index (χ1) is 7.69. The molecule has 1 heterocycles. The molecule has 2 nitrogen and oxygen atoms in total. The molecular weight excluding hydrogens is 198 g/mol. The summed E-state index contributed by atoms with van der Waals surface area (Å²) in [5.74, 6) is 1.68. The molecule has 0 aromatic heterocycles. The molecule has 2 rings (SSSR count). The van der Waals surface area contributed by atoms with Crippen LogP contribution in [0, 0.1) is 11.8 Å². The fourth-order valence-corrected chi connectivity index (χ4v) is 2.25. The summed E-state index contributed by atoms with van der Waals surface area (Å²) >= 11 is 0. The molecule has 16 heavy (non-hydrogen) atoms. The van der Waals surface area contributed by atoms with Gasteiger partial charge in [-0.2, -0.15) is 0 Å². The van der Waals surface area contributed by atoms with E-state index in [-0.39, 0.29) is 6.61 Å². The van der Waals surface area contributed by atoms with Crippen LogP contribution in [0.2, 0.25) is 0 Å². The Morgan fingerprint density at radius 2 is 2.00 bits per heavy atom. The molecule has 0 radical (unpaired) electrons. The van der Waals surface area contributed by atoms with Crippen molar-refractivity contribution in [1.82, 2.24) is 4.90 Å². The van der Waals surface area contributed by atoms with Gasteiger partial charge < -0.3 is 5.11 Å². The predicted octanol–water partition coefficient (Wildman–Crippen LogP) is 2.27. The third-order valence-corrected chi connectivity index (χ3v) is 3.51. The van der Waals surface area contributed by atoms with Gasteiger partial charge in [-0.05, 0) is 23.0 Å². The van der Waals surface area contributed by atoms with Crippen LogP contribution in [0.5, 0.6) is 0 Å². The smallest absolute Gasteiger partial charge is 0.0681 e. The second kappa shape index (κ2) is 4.98. The first-order valence-electron chi connectivity index (χ1n) is 6.10. The summed E-state index contributed by atoms with van der Waals surface area (Å²) in [5, 5.41) is 9.07. The molecule has 0 bridgehead atoms. The monoisotopic (exact) mass is 219 g/mol. The molecule has 1 aromatic carbocycles. The molecule has 1 N–H and O–H groups in total. The maximum atomic E-state index is 9.07. The SMILES string of the molecule is CC(C)C1CN(Cc2cccc(CO)c2)C1. The van der Waals surface area contributed by atoms with Gasteiger partial charge in [-0.25, -0.2) is 0 Å². The van der Waals surface area contributed by atoms with Crippen LogP contribution in [0.25, 0.3) is 0 Å². The highest BCUT2D eigenvalue weighted by atomic mass is 16.3. The van der Waals surface area contributed by atoms with E-state index in [1.165, 1.54) is 18.7 Å². The average molecular weight is 219 g/mol. The highest BCUT2D eigenvalue weighted by Gasteiger charge is 2.28. The minimum absolute atomic E-state index is 0.141. The van der Waals surface area contributed by atoms with E-state index in [1.807, 2.05) is 12.1 Å².